The number of benzene rings is 1. The monoisotopic (exact) mass is 290 g/mol. The molecule has 0 aromatic heterocycles. The SMILES string of the molecule is CC(C)CC(=O)c1cc(C(C)(C)CC(C)(C)C)ccc1O. The summed E-state index contributed by atoms with van der Waals surface area (Å²) in [5.41, 5.74) is 1.76. The van der Waals surface area contributed by atoms with Gasteiger partial charge >= 0.3 is 0 Å². The molecule has 2 nitrogen and oxygen atoms in total. The zero-order valence-electron chi connectivity index (χ0n) is 14.6. The van der Waals surface area contributed by atoms with Gasteiger partial charge in [0.1, 0.15) is 5.75 Å². The van der Waals surface area contributed by atoms with Gasteiger partial charge in [0.25, 0.3) is 0 Å². The van der Waals surface area contributed by atoms with Crippen molar-refractivity contribution >= 4 is 5.78 Å². The lowest BCUT2D eigenvalue weighted by Gasteiger charge is -2.33. The van der Waals surface area contributed by atoms with Gasteiger partial charge in [-0.25, -0.2) is 0 Å². The molecule has 0 aliphatic heterocycles. The summed E-state index contributed by atoms with van der Waals surface area (Å²) in [6.45, 7) is 15.1. The first kappa shape index (κ1) is 17.7. The van der Waals surface area contributed by atoms with Crippen LogP contribution in [0.3, 0.4) is 0 Å². The van der Waals surface area contributed by atoms with E-state index in [2.05, 4.69) is 34.6 Å². The summed E-state index contributed by atoms with van der Waals surface area (Å²) in [5, 5.41) is 10.00. The molecule has 0 radical (unpaired) electrons. The van der Waals surface area contributed by atoms with E-state index in [4.69, 9.17) is 0 Å². The highest BCUT2D eigenvalue weighted by Crippen LogP contribution is 2.37. The Bertz CT molecular complexity index is 505. The van der Waals surface area contributed by atoms with Gasteiger partial charge in [-0.15, -0.1) is 0 Å². The fraction of sp³-hybridized carbons (Fsp3) is 0.632. The van der Waals surface area contributed by atoms with Gasteiger partial charge in [-0.3, -0.25) is 4.79 Å². The summed E-state index contributed by atoms with van der Waals surface area (Å²) in [7, 11) is 0. The molecular weight excluding hydrogens is 260 g/mol. The molecular formula is C19H30O2. The summed E-state index contributed by atoms with van der Waals surface area (Å²) in [4.78, 5) is 12.3. The second kappa shape index (κ2) is 6.21. The number of phenolic OH excluding ortho intramolecular Hbond substituents is 1. The number of ketones is 1. The molecule has 0 spiro atoms. The van der Waals surface area contributed by atoms with E-state index in [1.54, 1.807) is 6.07 Å². The minimum Gasteiger partial charge on any atom is -0.507 e. The molecule has 0 fully saturated rings. The van der Waals surface area contributed by atoms with Gasteiger partial charge in [0, 0.05) is 6.42 Å². The van der Waals surface area contributed by atoms with E-state index >= 15 is 0 Å². The second-order valence-electron chi connectivity index (χ2n) is 8.37. The zero-order valence-corrected chi connectivity index (χ0v) is 14.6. The molecule has 0 heterocycles. The van der Waals surface area contributed by atoms with Crippen molar-refractivity contribution in [2.45, 2.75) is 66.7 Å². The molecule has 21 heavy (non-hydrogen) atoms. The Morgan fingerprint density at radius 2 is 1.71 bits per heavy atom. The molecule has 1 rings (SSSR count). The Balaban J connectivity index is 3.14. The lowest BCUT2D eigenvalue weighted by molar-refractivity contribution is 0.0965. The van der Waals surface area contributed by atoms with Crippen LogP contribution >= 0.6 is 0 Å². The van der Waals surface area contributed by atoms with Crippen molar-refractivity contribution in [3.63, 3.8) is 0 Å². The summed E-state index contributed by atoms with van der Waals surface area (Å²) >= 11 is 0. The number of carbonyl (C=O) groups excluding carboxylic acids is 1. The number of rotatable bonds is 5. The van der Waals surface area contributed by atoms with E-state index in [-0.39, 0.29) is 22.4 Å². The quantitative estimate of drug-likeness (QED) is 0.744. The van der Waals surface area contributed by atoms with Crippen molar-refractivity contribution in [2.24, 2.45) is 11.3 Å². The van der Waals surface area contributed by atoms with E-state index in [1.807, 2.05) is 26.0 Å². The molecule has 0 bridgehead atoms. The van der Waals surface area contributed by atoms with Crippen LogP contribution in [0.25, 0.3) is 0 Å². The number of Topliss-reactive ketones (excluding diaryl/α,β-unsaturated/α-hetero) is 1. The number of phenols is 1. The molecule has 0 saturated heterocycles. The van der Waals surface area contributed by atoms with Gasteiger partial charge in [0.05, 0.1) is 5.56 Å². The van der Waals surface area contributed by atoms with Crippen LogP contribution in [0.2, 0.25) is 0 Å². The average molecular weight is 290 g/mol. The zero-order chi connectivity index (χ0) is 16.4. The summed E-state index contributed by atoms with van der Waals surface area (Å²) in [6, 6.07) is 5.48. The maximum absolute atomic E-state index is 12.3. The molecule has 0 atom stereocenters. The van der Waals surface area contributed by atoms with Crippen LogP contribution in [0, 0.1) is 11.3 Å². The highest BCUT2D eigenvalue weighted by atomic mass is 16.3. The molecule has 0 aliphatic rings. The Hall–Kier alpha value is -1.31. The molecule has 2 heteroatoms. The number of aromatic hydroxyl groups is 1. The molecule has 0 unspecified atom stereocenters. The van der Waals surface area contributed by atoms with Crippen molar-refractivity contribution in [2.75, 3.05) is 0 Å². The van der Waals surface area contributed by atoms with E-state index < -0.39 is 0 Å². The first-order valence-corrected chi connectivity index (χ1v) is 7.79. The summed E-state index contributed by atoms with van der Waals surface area (Å²) in [6.07, 6.45) is 1.49. The van der Waals surface area contributed by atoms with E-state index in [0.29, 0.717) is 17.9 Å². The van der Waals surface area contributed by atoms with Crippen LogP contribution in [0.4, 0.5) is 0 Å². The standard InChI is InChI=1S/C19H30O2/c1-13(2)10-17(21)15-11-14(8-9-16(15)20)19(6,7)12-18(3,4)5/h8-9,11,13,20H,10,12H2,1-7H3. The van der Waals surface area contributed by atoms with Crippen LogP contribution in [-0.4, -0.2) is 10.9 Å². The average Bonchev–Trinajstić information content (AvgIpc) is 2.24. The molecule has 118 valence electrons. The second-order valence-corrected chi connectivity index (χ2v) is 8.37. The summed E-state index contributed by atoms with van der Waals surface area (Å²) in [5.74, 6) is 0.412. The third-order valence-corrected chi connectivity index (χ3v) is 3.64. The third kappa shape index (κ3) is 5.18. The van der Waals surface area contributed by atoms with E-state index in [0.717, 1.165) is 12.0 Å². The maximum Gasteiger partial charge on any atom is 0.166 e. The highest BCUT2D eigenvalue weighted by Gasteiger charge is 2.28. The lowest BCUT2D eigenvalue weighted by Crippen LogP contribution is -2.25. The lowest BCUT2D eigenvalue weighted by atomic mass is 9.72. The van der Waals surface area contributed by atoms with Crippen LogP contribution < -0.4 is 0 Å². The first-order valence-electron chi connectivity index (χ1n) is 7.79. The number of carbonyl (C=O) groups is 1. The molecule has 0 aliphatic carbocycles. The fourth-order valence-electron chi connectivity index (χ4n) is 3.09. The van der Waals surface area contributed by atoms with Gasteiger partial charge in [-0.2, -0.15) is 0 Å². The van der Waals surface area contributed by atoms with Crippen molar-refractivity contribution in [1.29, 1.82) is 0 Å². The van der Waals surface area contributed by atoms with Crippen molar-refractivity contribution < 1.29 is 9.90 Å². The van der Waals surface area contributed by atoms with Crippen LogP contribution in [0.15, 0.2) is 18.2 Å². The molecule has 0 saturated carbocycles. The van der Waals surface area contributed by atoms with Gasteiger partial charge in [0.15, 0.2) is 5.78 Å². The Labute approximate surface area is 129 Å². The third-order valence-electron chi connectivity index (χ3n) is 3.64. The number of hydrogen-bond acceptors (Lipinski definition) is 2. The predicted molar refractivity (Wildman–Crippen MR) is 89.0 cm³/mol. The first-order chi connectivity index (χ1) is 9.42. The van der Waals surface area contributed by atoms with Crippen LogP contribution in [0.1, 0.15) is 77.2 Å². The molecule has 1 N–H and O–H groups in total. The minimum absolute atomic E-state index is 0.0240. The molecule has 1 aromatic carbocycles. The van der Waals surface area contributed by atoms with Crippen molar-refractivity contribution in [3.8, 4) is 5.75 Å². The van der Waals surface area contributed by atoms with Gasteiger partial charge < -0.3 is 5.11 Å². The molecule has 1 aromatic rings. The topological polar surface area (TPSA) is 37.3 Å². The Morgan fingerprint density at radius 3 is 2.19 bits per heavy atom. The normalized spacial score (nSPS) is 12.8. The van der Waals surface area contributed by atoms with E-state index in [1.165, 1.54) is 0 Å². The molecule has 0 amide bonds. The van der Waals surface area contributed by atoms with Gasteiger partial charge in [-0.1, -0.05) is 54.5 Å². The van der Waals surface area contributed by atoms with Crippen LogP contribution in [0.5, 0.6) is 5.75 Å². The highest BCUT2D eigenvalue weighted by molar-refractivity contribution is 5.98. The Kier molecular flexibility index (Phi) is 5.25. The predicted octanol–water partition coefficient (Wildman–Crippen LogP) is 5.33. The maximum atomic E-state index is 12.3. The van der Waals surface area contributed by atoms with Crippen molar-refractivity contribution in [3.05, 3.63) is 29.3 Å². The van der Waals surface area contributed by atoms with Gasteiger partial charge in [-0.05, 0) is 40.9 Å². The van der Waals surface area contributed by atoms with Crippen LogP contribution in [-0.2, 0) is 5.41 Å². The van der Waals surface area contributed by atoms with Gasteiger partial charge in [0.2, 0.25) is 0 Å². The minimum atomic E-state index is -0.0290. The smallest absolute Gasteiger partial charge is 0.166 e. The van der Waals surface area contributed by atoms with E-state index in [9.17, 15) is 9.90 Å². The fourth-order valence-corrected chi connectivity index (χ4v) is 3.09. The summed E-state index contributed by atoms with van der Waals surface area (Å²) < 4.78 is 0. The largest absolute Gasteiger partial charge is 0.507 e. The Morgan fingerprint density at radius 1 is 1.14 bits per heavy atom. The number of hydrogen-bond donors (Lipinski definition) is 1. The van der Waals surface area contributed by atoms with Crippen molar-refractivity contribution in [1.82, 2.24) is 0 Å².